The lowest BCUT2D eigenvalue weighted by Gasteiger charge is -2.26. The Morgan fingerprint density at radius 1 is 1.22 bits per heavy atom. The lowest BCUT2D eigenvalue weighted by molar-refractivity contribution is -0.130. The summed E-state index contributed by atoms with van der Waals surface area (Å²) < 4.78 is 0. The molecule has 0 aliphatic carbocycles. The van der Waals surface area contributed by atoms with Crippen LogP contribution in [0.5, 0.6) is 0 Å². The normalized spacial score (nSPS) is 15.4. The fourth-order valence-electron chi connectivity index (χ4n) is 1.97. The van der Waals surface area contributed by atoms with Gasteiger partial charge in [0.15, 0.2) is 0 Å². The van der Waals surface area contributed by atoms with Crippen LogP contribution in [0.15, 0.2) is 24.3 Å². The van der Waals surface area contributed by atoms with Crippen molar-refractivity contribution in [3.63, 3.8) is 0 Å². The van der Waals surface area contributed by atoms with Crippen LogP contribution in [0.3, 0.4) is 0 Å². The third-order valence-electron chi connectivity index (χ3n) is 2.95. The zero-order chi connectivity index (χ0) is 13.0. The Morgan fingerprint density at radius 2 is 1.89 bits per heavy atom. The van der Waals surface area contributed by atoms with Crippen LogP contribution in [0.2, 0.25) is 0 Å². The monoisotopic (exact) mass is 265 g/mol. The van der Waals surface area contributed by atoms with Crippen LogP contribution < -0.4 is 0 Å². The second-order valence-electron chi connectivity index (χ2n) is 4.13. The van der Waals surface area contributed by atoms with Crippen molar-refractivity contribution in [3.8, 4) is 0 Å². The minimum absolute atomic E-state index is 0.0176. The zero-order valence-corrected chi connectivity index (χ0v) is 10.8. The Labute approximate surface area is 110 Å². The van der Waals surface area contributed by atoms with Crippen molar-refractivity contribution in [1.29, 1.82) is 0 Å². The predicted octanol–water partition coefficient (Wildman–Crippen LogP) is 1.50. The molecule has 1 aromatic carbocycles. The quantitative estimate of drug-likeness (QED) is 0.900. The summed E-state index contributed by atoms with van der Waals surface area (Å²) in [6.45, 7) is 1.53. The average Bonchev–Trinajstić information content (AvgIpc) is 2.40. The molecule has 0 radical (unpaired) electrons. The van der Waals surface area contributed by atoms with Gasteiger partial charge in [0.25, 0.3) is 0 Å². The molecule has 0 unspecified atom stereocenters. The van der Waals surface area contributed by atoms with E-state index < -0.39 is 5.97 Å². The number of nitrogens with zero attached hydrogens (tertiary/aromatic N) is 1. The van der Waals surface area contributed by atoms with E-state index in [1.54, 1.807) is 18.2 Å². The van der Waals surface area contributed by atoms with E-state index in [0.29, 0.717) is 5.56 Å². The van der Waals surface area contributed by atoms with Gasteiger partial charge in [0.2, 0.25) is 5.91 Å². The summed E-state index contributed by atoms with van der Waals surface area (Å²) in [5, 5.41) is 9.06. The molecular weight excluding hydrogens is 250 g/mol. The molecule has 5 heteroatoms. The Balaban J connectivity index is 2.08. The van der Waals surface area contributed by atoms with Crippen molar-refractivity contribution in [2.45, 2.75) is 6.42 Å². The van der Waals surface area contributed by atoms with Gasteiger partial charge in [0.1, 0.15) is 0 Å². The van der Waals surface area contributed by atoms with E-state index in [9.17, 15) is 9.59 Å². The summed E-state index contributed by atoms with van der Waals surface area (Å²) in [7, 11) is 0. The average molecular weight is 265 g/mol. The first-order valence-electron chi connectivity index (χ1n) is 5.85. The lowest BCUT2D eigenvalue weighted by Crippen LogP contribution is -2.39. The van der Waals surface area contributed by atoms with Gasteiger partial charge in [-0.15, -0.1) is 0 Å². The van der Waals surface area contributed by atoms with Crippen LogP contribution in [-0.2, 0) is 11.2 Å². The number of benzene rings is 1. The minimum atomic E-state index is -0.979. The molecule has 1 saturated heterocycles. The molecule has 96 valence electrons. The number of thioether (sulfide) groups is 1. The molecule has 2 rings (SSSR count). The van der Waals surface area contributed by atoms with Crippen LogP contribution in [-0.4, -0.2) is 46.5 Å². The fourth-order valence-corrected chi connectivity index (χ4v) is 2.87. The molecule has 4 nitrogen and oxygen atoms in total. The highest BCUT2D eigenvalue weighted by molar-refractivity contribution is 7.99. The van der Waals surface area contributed by atoms with Gasteiger partial charge in [-0.1, -0.05) is 18.2 Å². The van der Waals surface area contributed by atoms with Crippen LogP contribution in [0.1, 0.15) is 15.9 Å². The molecule has 18 heavy (non-hydrogen) atoms. The molecule has 1 heterocycles. The molecule has 1 amide bonds. The molecule has 1 N–H and O–H groups in total. The fraction of sp³-hybridized carbons (Fsp3) is 0.385. The third kappa shape index (κ3) is 3.04. The van der Waals surface area contributed by atoms with Gasteiger partial charge in [-0.25, -0.2) is 4.79 Å². The predicted molar refractivity (Wildman–Crippen MR) is 71.0 cm³/mol. The van der Waals surface area contributed by atoms with Crippen molar-refractivity contribution in [1.82, 2.24) is 4.90 Å². The van der Waals surface area contributed by atoms with Gasteiger partial charge in [0.05, 0.1) is 12.0 Å². The largest absolute Gasteiger partial charge is 0.478 e. The Hall–Kier alpha value is -1.49. The van der Waals surface area contributed by atoms with Crippen molar-refractivity contribution in [3.05, 3.63) is 35.4 Å². The van der Waals surface area contributed by atoms with E-state index in [-0.39, 0.29) is 17.9 Å². The number of hydrogen-bond acceptors (Lipinski definition) is 3. The molecule has 0 aromatic heterocycles. The van der Waals surface area contributed by atoms with Gasteiger partial charge in [-0.05, 0) is 11.6 Å². The van der Waals surface area contributed by atoms with Crippen molar-refractivity contribution in [2.75, 3.05) is 24.6 Å². The minimum Gasteiger partial charge on any atom is -0.478 e. The van der Waals surface area contributed by atoms with E-state index in [1.807, 2.05) is 16.7 Å². The molecule has 0 spiro atoms. The highest BCUT2D eigenvalue weighted by atomic mass is 32.2. The lowest BCUT2D eigenvalue weighted by atomic mass is 10.0. The van der Waals surface area contributed by atoms with Gasteiger partial charge in [-0.3, -0.25) is 4.79 Å². The summed E-state index contributed by atoms with van der Waals surface area (Å²) in [6.07, 6.45) is 0.174. The number of rotatable bonds is 3. The van der Waals surface area contributed by atoms with Crippen molar-refractivity contribution < 1.29 is 14.7 Å². The first-order valence-corrected chi connectivity index (χ1v) is 7.00. The SMILES string of the molecule is O=C(O)c1ccccc1CC(=O)N1CCSCC1. The first-order chi connectivity index (χ1) is 8.68. The van der Waals surface area contributed by atoms with Crippen LogP contribution in [0.25, 0.3) is 0 Å². The van der Waals surface area contributed by atoms with Crippen molar-refractivity contribution in [2.24, 2.45) is 0 Å². The zero-order valence-electron chi connectivity index (χ0n) is 9.96. The summed E-state index contributed by atoms with van der Waals surface area (Å²) in [5.74, 6) is 0.968. The van der Waals surface area contributed by atoms with Crippen molar-refractivity contribution >= 4 is 23.6 Å². The van der Waals surface area contributed by atoms with Gasteiger partial charge < -0.3 is 10.0 Å². The highest BCUT2D eigenvalue weighted by Crippen LogP contribution is 2.14. The Kier molecular flexibility index (Phi) is 4.25. The molecular formula is C13H15NO3S. The molecule has 1 aliphatic heterocycles. The van der Waals surface area contributed by atoms with Crippen LogP contribution in [0, 0.1) is 0 Å². The van der Waals surface area contributed by atoms with Gasteiger partial charge >= 0.3 is 5.97 Å². The Bertz CT molecular complexity index is 455. The molecule has 1 aromatic rings. The molecule has 0 saturated carbocycles. The Morgan fingerprint density at radius 3 is 2.56 bits per heavy atom. The number of aromatic carboxylic acids is 1. The topological polar surface area (TPSA) is 57.6 Å². The van der Waals surface area contributed by atoms with E-state index in [0.717, 1.165) is 24.6 Å². The third-order valence-corrected chi connectivity index (χ3v) is 3.90. The summed E-state index contributed by atoms with van der Waals surface area (Å²) in [4.78, 5) is 24.9. The number of hydrogen-bond donors (Lipinski definition) is 1. The summed E-state index contributed by atoms with van der Waals surface area (Å²) in [6, 6.07) is 6.69. The molecule has 0 bridgehead atoms. The smallest absolute Gasteiger partial charge is 0.335 e. The number of amides is 1. The van der Waals surface area contributed by atoms with E-state index in [1.165, 1.54) is 6.07 Å². The summed E-state index contributed by atoms with van der Waals surface area (Å²) in [5.41, 5.74) is 0.811. The number of carbonyl (C=O) groups is 2. The molecule has 1 aliphatic rings. The van der Waals surface area contributed by atoms with Gasteiger partial charge in [-0.2, -0.15) is 11.8 Å². The van der Waals surface area contributed by atoms with E-state index in [2.05, 4.69) is 0 Å². The van der Waals surface area contributed by atoms with Crippen LogP contribution in [0.4, 0.5) is 0 Å². The maximum absolute atomic E-state index is 12.1. The standard InChI is InChI=1S/C13H15NO3S/c15-12(14-5-7-18-8-6-14)9-10-3-1-2-4-11(10)13(16)17/h1-4H,5-9H2,(H,16,17). The van der Waals surface area contributed by atoms with E-state index in [4.69, 9.17) is 5.11 Å². The number of carboxylic acid groups (broad SMARTS) is 1. The maximum atomic E-state index is 12.1. The maximum Gasteiger partial charge on any atom is 0.335 e. The molecule has 0 atom stereocenters. The second-order valence-corrected chi connectivity index (χ2v) is 5.36. The second kappa shape index (κ2) is 5.91. The van der Waals surface area contributed by atoms with Crippen LogP contribution >= 0.6 is 11.8 Å². The van der Waals surface area contributed by atoms with E-state index >= 15 is 0 Å². The molecule has 1 fully saturated rings. The summed E-state index contributed by atoms with van der Waals surface area (Å²) >= 11 is 1.84. The first kappa shape index (κ1) is 13.0. The number of carboxylic acids is 1. The highest BCUT2D eigenvalue weighted by Gasteiger charge is 2.19. The number of carbonyl (C=O) groups excluding carboxylic acids is 1. The van der Waals surface area contributed by atoms with Gasteiger partial charge in [0, 0.05) is 24.6 Å².